The van der Waals surface area contributed by atoms with E-state index in [9.17, 15) is 4.79 Å². The van der Waals surface area contributed by atoms with Crippen molar-refractivity contribution >= 4 is 27.5 Å². The molecule has 0 aliphatic rings. The Kier molecular flexibility index (Phi) is 5.62. The number of ether oxygens (including phenoxy) is 1. The Morgan fingerprint density at radius 3 is 2.12 bits per heavy atom. The van der Waals surface area contributed by atoms with E-state index < -0.39 is 5.60 Å². The second-order valence-corrected chi connectivity index (χ2v) is 8.66. The molecule has 25 heavy (non-hydrogen) atoms. The third kappa shape index (κ3) is 5.08. The van der Waals surface area contributed by atoms with E-state index in [1.54, 1.807) is 13.8 Å². The number of aryl methyl sites for hydroxylation is 1. The van der Waals surface area contributed by atoms with Crippen molar-refractivity contribution in [1.82, 2.24) is 0 Å². The molecule has 0 spiro atoms. The van der Waals surface area contributed by atoms with Crippen LogP contribution in [0.2, 0.25) is 0 Å². The zero-order chi connectivity index (χ0) is 18.8. The van der Waals surface area contributed by atoms with Crippen LogP contribution in [0, 0.1) is 6.92 Å². The molecule has 1 N–H and O–H groups in total. The fraction of sp³-hybridized carbons (Fsp3) is 0.381. The predicted octanol–water partition coefficient (Wildman–Crippen LogP) is 5.85. The van der Waals surface area contributed by atoms with Crippen molar-refractivity contribution in [2.45, 2.75) is 52.6 Å². The van der Waals surface area contributed by atoms with Crippen LogP contribution in [-0.2, 0) is 10.2 Å². The maximum absolute atomic E-state index is 12.6. The van der Waals surface area contributed by atoms with E-state index in [0.717, 1.165) is 15.7 Å². The molecular weight excluding hydrogens is 378 g/mol. The zero-order valence-corrected chi connectivity index (χ0v) is 17.3. The first-order valence-corrected chi connectivity index (χ1v) is 9.15. The van der Waals surface area contributed by atoms with Gasteiger partial charge in [0, 0.05) is 10.2 Å². The van der Waals surface area contributed by atoms with Gasteiger partial charge in [-0.15, -0.1) is 0 Å². The minimum Gasteiger partial charge on any atom is -0.478 e. The lowest BCUT2D eigenvalue weighted by Gasteiger charge is -2.26. The molecule has 4 heteroatoms. The number of benzene rings is 2. The number of hydrogen-bond acceptors (Lipinski definition) is 2. The van der Waals surface area contributed by atoms with Gasteiger partial charge in [-0.25, -0.2) is 0 Å². The molecule has 0 saturated heterocycles. The molecular formula is C21H26BrNO2. The highest BCUT2D eigenvalue weighted by Gasteiger charge is 2.30. The van der Waals surface area contributed by atoms with Crippen LogP contribution in [0.4, 0.5) is 5.69 Å². The molecule has 0 fully saturated rings. The van der Waals surface area contributed by atoms with Crippen LogP contribution < -0.4 is 10.1 Å². The Labute approximate surface area is 158 Å². The van der Waals surface area contributed by atoms with Gasteiger partial charge in [-0.3, -0.25) is 4.79 Å². The summed E-state index contributed by atoms with van der Waals surface area (Å²) in [5.74, 6) is 0.495. The number of carbonyl (C=O) groups excluding carboxylic acids is 1. The first kappa shape index (κ1) is 19.5. The van der Waals surface area contributed by atoms with Gasteiger partial charge in [0.05, 0.1) is 0 Å². The Morgan fingerprint density at radius 1 is 1.00 bits per heavy atom. The van der Waals surface area contributed by atoms with E-state index >= 15 is 0 Å². The molecule has 0 aliphatic heterocycles. The van der Waals surface area contributed by atoms with E-state index in [2.05, 4.69) is 42.0 Å². The standard InChI is InChI=1S/C21H26BrNO2/c1-14-13-16(9-12-18(14)22)23-19(24)21(5,6)25-17-10-7-15(8-11-17)20(2,3)4/h7-13H,1-6H3,(H,23,24). The summed E-state index contributed by atoms with van der Waals surface area (Å²) in [5.41, 5.74) is 2.15. The van der Waals surface area contributed by atoms with Gasteiger partial charge in [-0.1, -0.05) is 48.8 Å². The second-order valence-electron chi connectivity index (χ2n) is 7.80. The number of nitrogens with one attached hydrogen (secondary N) is 1. The smallest absolute Gasteiger partial charge is 0.267 e. The molecule has 0 bridgehead atoms. The molecule has 0 atom stereocenters. The molecule has 0 aromatic heterocycles. The van der Waals surface area contributed by atoms with Gasteiger partial charge in [0.1, 0.15) is 5.75 Å². The van der Waals surface area contributed by atoms with Crippen molar-refractivity contribution < 1.29 is 9.53 Å². The van der Waals surface area contributed by atoms with Crippen molar-refractivity contribution in [3.63, 3.8) is 0 Å². The van der Waals surface area contributed by atoms with Gasteiger partial charge < -0.3 is 10.1 Å². The van der Waals surface area contributed by atoms with Crippen LogP contribution in [0.25, 0.3) is 0 Å². The normalized spacial score (nSPS) is 12.0. The minimum atomic E-state index is -0.982. The summed E-state index contributed by atoms with van der Waals surface area (Å²) >= 11 is 3.46. The largest absolute Gasteiger partial charge is 0.478 e. The lowest BCUT2D eigenvalue weighted by Crippen LogP contribution is -2.42. The van der Waals surface area contributed by atoms with Crippen molar-refractivity contribution in [2.24, 2.45) is 0 Å². The highest BCUT2D eigenvalue weighted by molar-refractivity contribution is 9.10. The molecule has 1 amide bonds. The summed E-state index contributed by atoms with van der Waals surface area (Å²) in [7, 11) is 0. The average molecular weight is 404 g/mol. The third-order valence-electron chi connectivity index (χ3n) is 4.06. The molecule has 134 valence electrons. The number of carbonyl (C=O) groups is 1. The Bertz CT molecular complexity index is 758. The highest BCUT2D eigenvalue weighted by Crippen LogP contribution is 2.27. The van der Waals surface area contributed by atoms with Gasteiger partial charge in [0.2, 0.25) is 0 Å². The fourth-order valence-electron chi connectivity index (χ4n) is 2.37. The monoisotopic (exact) mass is 403 g/mol. The predicted molar refractivity (Wildman–Crippen MR) is 107 cm³/mol. The van der Waals surface area contributed by atoms with Crippen LogP contribution in [0.5, 0.6) is 5.75 Å². The van der Waals surface area contributed by atoms with Gasteiger partial charge in [0.15, 0.2) is 5.60 Å². The maximum atomic E-state index is 12.6. The highest BCUT2D eigenvalue weighted by atomic mass is 79.9. The maximum Gasteiger partial charge on any atom is 0.267 e. The van der Waals surface area contributed by atoms with Gasteiger partial charge >= 0.3 is 0 Å². The topological polar surface area (TPSA) is 38.3 Å². The van der Waals surface area contributed by atoms with E-state index in [1.807, 2.05) is 49.4 Å². The summed E-state index contributed by atoms with van der Waals surface area (Å²) in [6, 6.07) is 13.6. The molecule has 0 unspecified atom stereocenters. The van der Waals surface area contributed by atoms with Gasteiger partial charge in [-0.05, 0) is 67.6 Å². The number of rotatable bonds is 4. The molecule has 3 nitrogen and oxygen atoms in total. The van der Waals surface area contributed by atoms with Crippen LogP contribution in [0.15, 0.2) is 46.9 Å². The number of halogens is 1. The second kappa shape index (κ2) is 7.20. The molecule has 0 saturated carbocycles. The Balaban J connectivity index is 2.09. The fourth-order valence-corrected chi connectivity index (χ4v) is 2.61. The summed E-state index contributed by atoms with van der Waals surface area (Å²) in [5, 5.41) is 2.92. The van der Waals surface area contributed by atoms with Gasteiger partial charge in [-0.2, -0.15) is 0 Å². The lowest BCUT2D eigenvalue weighted by atomic mass is 9.87. The number of amides is 1. The molecule has 0 aliphatic carbocycles. The first-order chi connectivity index (χ1) is 11.5. The average Bonchev–Trinajstić information content (AvgIpc) is 2.50. The van der Waals surface area contributed by atoms with Crippen molar-refractivity contribution in [1.29, 1.82) is 0 Å². The van der Waals surface area contributed by atoms with Crippen molar-refractivity contribution in [3.8, 4) is 5.75 Å². The van der Waals surface area contributed by atoms with Crippen molar-refractivity contribution in [3.05, 3.63) is 58.1 Å². The summed E-state index contributed by atoms with van der Waals surface area (Å²) in [4.78, 5) is 12.6. The SMILES string of the molecule is Cc1cc(NC(=O)C(C)(C)Oc2ccc(C(C)(C)C)cc2)ccc1Br. The molecule has 2 aromatic carbocycles. The van der Waals surface area contributed by atoms with E-state index in [0.29, 0.717) is 5.75 Å². The molecule has 0 radical (unpaired) electrons. The minimum absolute atomic E-state index is 0.0882. The number of anilines is 1. The lowest BCUT2D eigenvalue weighted by molar-refractivity contribution is -0.128. The van der Waals surface area contributed by atoms with Crippen LogP contribution in [0.3, 0.4) is 0 Å². The summed E-state index contributed by atoms with van der Waals surface area (Å²) in [6.07, 6.45) is 0. The van der Waals surface area contributed by atoms with Crippen LogP contribution in [-0.4, -0.2) is 11.5 Å². The van der Waals surface area contributed by atoms with Crippen LogP contribution in [0.1, 0.15) is 45.7 Å². The Morgan fingerprint density at radius 2 is 1.60 bits per heavy atom. The zero-order valence-electron chi connectivity index (χ0n) is 15.7. The third-order valence-corrected chi connectivity index (χ3v) is 4.95. The molecule has 2 rings (SSSR count). The van der Waals surface area contributed by atoms with Gasteiger partial charge in [0.25, 0.3) is 5.91 Å². The van der Waals surface area contributed by atoms with E-state index in [4.69, 9.17) is 4.74 Å². The first-order valence-electron chi connectivity index (χ1n) is 8.36. The quantitative estimate of drug-likeness (QED) is 0.694. The van der Waals surface area contributed by atoms with E-state index in [1.165, 1.54) is 5.56 Å². The number of hydrogen-bond donors (Lipinski definition) is 1. The molecule has 0 heterocycles. The Hall–Kier alpha value is -1.81. The summed E-state index contributed by atoms with van der Waals surface area (Å²) < 4.78 is 6.95. The molecule has 2 aromatic rings. The van der Waals surface area contributed by atoms with Crippen molar-refractivity contribution in [2.75, 3.05) is 5.32 Å². The van der Waals surface area contributed by atoms with Crippen LogP contribution >= 0.6 is 15.9 Å². The summed E-state index contributed by atoms with van der Waals surface area (Å²) in [6.45, 7) is 12.0. The van der Waals surface area contributed by atoms with E-state index in [-0.39, 0.29) is 11.3 Å².